The minimum atomic E-state index is -3.76. The Hall–Kier alpha value is -2.38. The first-order valence-corrected chi connectivity index (χ1v) is 10.6. The van der Waals surface area contributed by atoms with Crippen molar-refractivity contribution in [3.63, 3.8) is 0 Å². The minimum Gasteiger partial charge on any atom is -0.352 e. The molecule has 0 aromatic heterocycles. The molecule has 0 saturated carbocycles. The third kappa shape index (κ3) is 5.30. The van der Waals surface area contributed by atoms with E-state index in [1.54, 1.807) is 24.3 Å². The predicted molar refractivity (Wildman–Crippen MR) is 106 cm³/mol. The van der Waals surface area contributed by atoms with Crippen LogP contribution in [0.15, 0.2) is 53.4 Å². The van der Waals surface area contributed by atoms with E-state index in [2.05, 4.69) is 15.4 Å². The Balaban J connectivity index is 1.68. The number of anilines is 1. The zero-order valence-electron chi connectivity index (χ0n) is 15.4. The Morgan fingerprint density at radius 1 is 1.19 bits per heavy atom. The highest BCUT2D eigenvalue weighted by Crippen LogP contribution is 2.18. The fraction of sp³-hybridized carbons (Fsp3) is 0.350. The van der Waals surface area contributed by atoms with Gasteiger partial charge in [0, 0.05) is 17.8 Å². The highest BCUT2D eigenvalue weighted by Gasteiger charge is 2.18. The molecule has 3 rings (SSSR count). The SMILES string of the molecule is Cc1ccc(NS(=O)(=O)c2cccc(C(=O)NCC3CCCNC3)c2)cc1. The summed E-state index contributed by atoms with van der Waals surface area (Å²) in [4.78, 5) is 12.5. The molecular weight excluding hydrogens is 362 g/mol. The summed E-state index contributed by atoms with van der Waals surface area (Å²) in [6.07, 6.45) is 2.20. The molecular formula is C20H25N3O3S. The summed E-state index contributed by atoms with van der Waals surface area (Å²) in [5, 5.41) is 6.22. The number of benzene rings is 2. The zero-order chi connectivity index (χ0) is 19.3. The largest absolute Gasteiger partial charge is 0.352 e. The van der Waals surface area contributed by atoms with Gasteiger partial charge in [0.1, 0.15) is 0 Å². The van der Waals surface area contributed by atoms with E-state index >= 15 is 0 Å². The number of carbonyl (C=O) groups is 1. The van der Waals surface area contributed by atoms with Crippen LogP contribution in [0.4, 0.5) is 5.69 Å². The summed E-state index contributed by atoms with van der Waals surface area (Å²) in [5.74, 6) is 0.158. The van der Waals surface area contributed by atoms with Crippen molar-refractivity contribution in [2.24, 2.45) is 5.92 Å². The van der Waals surface area contributed by atoms with Gasteiger partial charge in [-0.1, -0.05) is 23.8 Å². The molecule has 1 aliphatic rings. The summed E-state index contributed by atoms with van der Waals surface area (Å²) in [6.45, 7) is 4.45. The van der Waals surface area contributed by atoms with Crippen molar-refractivity contribution in [2.45, 2.75) is 24.7 Å². The number of nitrogens with one attached hydrogen (secondary N) is 3. The van der Waals surface area contributed by atoms with Crippen molar-refractivity contribution in [3.8, 4) is 0 Å². The number of aryl methyl sites for hydroxylation is 1. The average Bonchev–Trinajstić information content (AvgIpc) is 2.68. The van der Waals surface area contributed by atoms with Gasteiger partial charge in [0.25, 0.3) is 15.9 Å². The Bertz CT molecular complexity index is 889. The van der Waals surface area contributed by atoms with Gasteiger partial charge in [-0.05, 0) is 69.1 Å². The molecule has 3 N–H and O–H groups in total. The molecule has 27 heavy (non-hydrogen) atoms. The molecule has 1 unspecified atom stereocenters. The summed E-state index contributed by atoms with van der Waals surface area (Å²) in [6, 6.07) is 13.2. The van der Waals surface area contributed by atoms with Crippen molar-refractivity contribution in [1.82, 2.24) is 10.6 Å². The van der Waals surface area contributed by atoms with Crippen LogP contribution in [0, 0.1) is 12.8 Å². The molecule has 1 aliphatic heterocycles. The van der Waals surface area contributed by atoms with Crippen LogP contribution in [0.2, 0.25) is 0 Å². The first-order valence-electron chi connectivity index (χ1n) is 9.12. The van der Waals surface area contributed by atoms with Gasteiger partial charge in [-0.15, -0.1) is 0 Å². The van der Waals surface area contributed by atoms with Crippen LogP contribution in [0.25, 0.3) is 0 Å². The van der Waals surface area contributed by atoms with Gasteiger partial charge in [0.2, 0.25) is 0 Å². The number of amides is 1. The van der Waals surface area contributed by atoms with Gasteiger partial charge < -0.3 is 10.6 Å². The van der Waals surface area contributed by atoms with Gasteiger partial charge >= 0.3 is 0 Å². The highest BCUT2D eigenvalue weighted by atomic mass is 32.2. The van der Waals surface area contributed by atoms with E-state index in [1.807, 2.05) is 19.1 Å². The molecule has 0 aliphatic carbocycles. The molecule has 1 amide bonds. The van der Waals surface area contributed by atoms with E-state index in [-0.39, 0.29) is 10.8 Å². The van der Waals surface area contributed by atoms with Gasteiger partial charge in [-0.25, -0.2) is 8.42 Å². The Morgan fingerprint density at radius 2 is 1.96 bits per heavy atom. The molecule has 1 heterocycles. The number of rotatable bonds is 6. The minimum absolute atomic E-state index is 0.0649. The van der Waals surface area contributed by atoms with Crippen molar-refractivity contribution >= 4 is 21.6 Å². The third-order valence-corrected chi connectivity index (χ3v) is 6.04. The monoisotopic (exact) mass is 387 g/mol. The van der Waals surface area contributed by atoms with Crippen molar-refractivity contribution in [1.29, 1.82) is 0 Å². The maximum atomic E-state index is 12.6. The second-order valence-electron chi connectivity index (χ2n) is 6.92. The van der Waals surface area contributed by atoms with E-state index in [0.29, 0.717) is 23.7 Å². The first-order chi connectivity index (χ1) is 12.9. The maximum absolute atomic E-state index is 12.6. The van der Waals surface area contributed by atoms with Gasteiger partial charge in [0.05, 0.1) is 4.90 Å². The smallest absolute Gasteiger partial charge is 0.261 e. The molecule has 0 bridgehead atoms. The van der Waals surface area contributed by atoms with Crippen LogP contribution >= 0.6 is 0 Å². The summed E-state index contributed by atoms with van der Waals surface area (Å²) in [7, 11) is -3.76. The van der Waals surface area contributed by atoms with Crippen molar-refractivity contribution < 1.29 is 13.2 Å². The molecule has 2 aromatic carbocycles. The normalized spacial score (nSPS) is 17.3. The second-order valence-corrected chi connectivity index (χ2v) is 8.60. The van der Waals surface area contributed by atoms with E-state index in [0.717, 1.165) is 31.5 Å². The van der Waals surface area contributed by atoms with Crippen LogP contribution < -0.4 is 15.4 Å². The van der Waals surface area contributed by atoms with E-state index in [1.165, 1.54) is 12.1 Å². The number of hydrogen-bond donors (Lipinski definition) is 3. The van der Waals surface area contributed by atoms with Gasteiger partial charge in [-0.3, -0.25) is 9.52 Å². The second kappa shape index (κ2) is 8.54. The molecule has 0 spiro atoms. The van der Waals surface area contributed by atoms with Crippen LogP contribution in [0.5, 0.6) is 0 Å². The van der Waals surface area contributed by atoms with Crippen molar-refractivity contribution in [2.75, 3.05) is 24.4 Å². The number of hydrogen-bond acceptors (Lipinski definition) is 4. The van der Waals surface area contributed by atoms with Crippen LogP contribution in [0.1, 0.15) is 28.8 Å². The summed E-state index contributed by atoms with van der Waals surface area (Å²) >= 11 is 0. The lowest BCUT2D eigenvalue weighted by atomic mass is 10.00. The molecule has 7 heteroatoms. The Labute approximate surface area is 160 Å². The number of sulfonamides is 1. The fourth-order valence-corrected chi connectivity index (χ4v) is 4.18. The maximum Gasteiger partial charge on any atom is 0.261 e. The zero-order valence-corrected chi connectivity index (χ0v) is 16.2. The number of carbonyl (C=O) groups excluding carboxylic acids is 1. The van der Waals surface area contributed by atoms with Gasteiger partial charge in [0.15, 0.2) is 0 Å². The third-order valence-electron chi connectivity index (χ3n) is 4.66. The standard InChI is InChI=1S/C20H25N3O3S/c1-15-7-9-18(10-8-15)23-27(25,26)19-6-2-5-17(12-19)20(24)22-14-16-4-3-11-21-13-16/h2,5-10,12,16,21,23H,3-4,11,13-14H2,1H3,(H,22,24). The quantitative estimate of drug-likeness (QED) is 0.711. The topological polar surface area (TPSA) is 87.3 Å². The molecule has 2 aromatic rings. The molecule has 144 valence electrons. The van der Waals surface area contributed by atoms with Crippen LogP contribution in [-0.4, -0.2) is 34.0 Å². The highest BCUT2D eigenvalue weighted by molar-refractivity contribution is 7.92. The molecule has 1 fully saturated rings. The Kier molecular flexibility index (Phi) is 6.13. The summed E-state index contributed by atoms with van der Waals surface area (Å²) in [5.41, 5.74) is 1.87. The summed E-state index contributed by atoms with van der Waals surface area (Å²) < 4.78 is 27.8. The van der Waals surface area contributed by atoms with Gasteiger partial charge in [-0.2, -0.15) is 0 Å². The average molecular weight is 388 g/mol. The molecule has 1 saturated heterocycles. The molecule has 6 nitrogen and oxygen atoms in total. The van der Waals surface area contributed by atoms with E-state index in [4.69, 9.17) is 0 Å². The Morgan fingerprint density at radius 3 is 2.67 bits per heavy atom. The number of piperidine rings is 1. The van der Waals surface area contributed by atoms with E-state index in [9.17, 15) is 13.2 Å². The lowest BCUT2D eigenvalue weighted by Crippen LogP contribution is -2.38. The predicted octanol–water partition coefficient (Wildman–Crippen LogP) is 2.53. The first kappa shape index (κ1) is 19.4. The lowest BCUT2D eigenvalue weighted by Gasteiger charge is -2.22. The van der Waals surface area contributed by atoms with Crippen LogP contribution in [0.3, 0.4) is 0 Å². The molecule has 0 radical (unpaired) electrons. The lowest BCUT2D eigenvalue weighted by molar-refractivity contribution is 0.0944. The van der Waals surface area contributed by atoms with E-state index < -0.39 is 10.0 Å². The van der Waals surface area contributed by atoms with Crippen LogP contribution in [-0.2, 0) is 10.0 Å². The fourth-order valence-electron chi connectivity index (χ4n) is 3.08. The van der Waals surface area contributed by atoms with Crippen molar-refractivity contribution in [3.05, 3.63) is 59.7 Å². The molecule has 1 atom stereocenters.